The van der Waals surface area contributed by atoms with E-state index in [1.807, 2.05) is 24.3 Å². The molecule has 1 aromatic carbocycles. The molecule has 0 radical (unpaired) electrons. The molecule has 0 aliphatic carbocycles. The van der Waals surface area contributed by atoms with Gasteiger partial charge < -0.3 is 10.2 Å². The molecule has 1 aromatic rings. The van der Waals surface area contributed by atoms with Crippen LogP contribution < -0.4 is 0 Å². The first kappa shape index (κ1) is 18.5. The van der Waals surface area contributed by atoms with E-state index >= 15 is 0 Å². The van der Waals surface area contributed by atoms with Crippen molar-refractivity contribution in [2.45, 2.75) is 18.2 Å². The number of rotatable bonds is 2. The van der Waals surface area contributed by atoms with E-state index in [2.05, 4.69) is 11.0 Å². The summed E-state index contributed by atoms with van der Waals surface area (Å²) in [6.45, 7) is 2.80. The summed E-state index contributed by atoms with van der Waals surface area (Å²) in [5.74, 6) is -3.65. The van der Waals surface area contributed by atoms with Crippen LogP contribution in [0.4, 0.5) is 0 Å². The zero-order chi connectivity index (χ0) is 17.7. The van der Waals surface area contributed by atoms with Gasteiger partial charge in [0.2, 0.25) is 5.12 Å². The molecule has 2 heterocycles. The molecule has 6 nitrogen and oxygen atoms in total. The van der Waals surface area contributed by atoms with E-state index in [0.717, 1.165) is 36.6 Å². The van der Waals surface area contributed by atoms with E-state index in [-0.39, 0.29) is 5.12 Å². The Bertz CT molecular complexity index is 679. The first-order valence-electron chi connectivity index (χ1n) is 7.20. The van der Waals surface area contributed by atoms with Crippen LogP contribution >= 0.6 is 23.4 Å². The molecule has 0 bridgehead atoms. The molecule has 0 spiro atoms. The molecule has 0 amide bonds. The van der Waals surface area contributed by atoms with Crippen LogP contribution in [-0.2, 0) is 20.9 Å². The van der Waals surface area contributed by atoms with Crippen LogP contribution in [0, 0.1) is 0 Å². The molecule has 128 valence electrons. The number of nitrogens with zero attached hydrogens (tertiary/aromatic N) is 1. The number of carbonyl (C=O) groups excluding carboxylic acids is 1. The summed E-state index contributed by atoms with van der Waals surface area (Å²) >= 11 is 7.66. The summed E-state index contributed by atoms with van der Waals surface area (Å²) in [4.78, 5) is 31.9. The van der Waals surface area contributed by atoms with Crippen LogP contribution in [0.3, 0.4) is 0 Å². The van der Waals surface area contributed by atoms with E-state index in [9.17, 15) is 4.79 Å². The lowest BCUT2D eigenvalue weighted by Gasteiger charge is -2.31. The number of likely N-dealkylation sites (tertiary alicyclic amines) is 1. The summed E-state index contributed by atoms with van der Waals surface area (Å²) in [5, 5.41) is 16.3. The van der Waals surface area contributed by atoms with Crippen molar-refractivity contribution < 1.29 is 24.6 Å². The third kappa shape index (κ3) is 5.09. The molecular formula is C16H16ClNO5S. The zero-order valence-corrected chi connectivity index (χ0v) is 14.2. The Morgan fingerprint density at radius 2 is 1.92 bits per heavy atom. The highest BCUT2D eigenvalue weighted by atomic mass is 35.5. The number of carboxylic acid groups (broad SMARTS) is 2. The number of fused-ring (bicyclic) bond motifs is 1. The molecule has 2 aliphatic rings. The Morgan fingerprint density at radius 1 is 1.25 bits per heavy atom. The standard InChI is InChI=1S/C14H14ClNOS.C2H2O4/c15-12-4-2-1-3-10(12)8-16-6-5-13-11(9-16)7-14(17)18-13;3-1(4)2(5)6/h1-4,7,13H,5-6,8-9H2;(H,3,4)(H,5,6). The third-order valence-electron chi connectivity index (χ3n) is 3.62. The van der Waals surface area contributed by atoms with E-state index in [0.29, 0.717) is 5.25 Å². The van der Waals surface area contributed by atoms with Crippen molar-refractivity contribution in [2.24, 2.45) is 0 Å². The second-order valence-corrected chi connectivity index (χ2v) is 6.96. The van der Waals surface area contributed by atoms with Gasteiger partial charge in [-0.3, -0.25) is 9.69 Å². The number of piperidine rings is 1. The number of halogens is 1. The summed E-state index contributed by atoms with van der Waals surface area (Å²) in [7, 11) is 0. The number of carboxylic acids is 2. The Kier molecular flexibility index (Phi) is 6.42. The monoisotopic (exact) mass is 369 g/mol. The predicted molar refractivity (Wildman–Crippen MR) is 91.1 cm³/mol. The van der Waals surface area contributed by atoms with Crippen molar-refractivity contribution in [3.05, 3.63) is 46.5 Å². The highest BCUT2D eigenvalue weighted by molar-refractivity contribution is 8.15. The summed E-state index contributed by atoms with van der Waals surface area (Å²) in [5.41, 5.74) is 2.44. The second kappa shape index (κ2) is 8.32. The van der Waals surface area contributed by atoms with Gasteiger partial charge in [0.05, 0.1) is 0 Å². The normalized spacial score (nSPS) is 19.8. The maximum atomic E-state index is 11.4. The van der Waals surface area contributed by atoms with Crippen LogP contribution in [0.15, 0.2) is 35.9 Å². The van der Waals surface area contributed by atoms with E-state index < -0.39 is 11.9 Å². The largest absolute Gasteiger partial charge is 0.473 e. The van der Waals surface area contributed by atoms with Crippen molar-refractivity contribution in [3.8, 4) is 0 Å². The third-order valence-corrected chi connectivity index (χ3v) is 5.17. The minimum atomic E-state index is -1.82. The number of aliphatic carboxylic acids is 2. The van der Waals surface area contributed by atoms with Gasteiger partial charge in [-0.05, 0) is 29.7 Å². The van der Waals surface area contributed by atoms with E-state index in [1.54, 1.807) is 0 Å². The minimum absolute atomic E-state index is 0.217. The average molecular weight is 370 g/mol. The fraction of sp³-hybridized carbons (Fsp3) is 0.312. The second-order valence-electron chi connectivity index (χ2n) is 5.35. The summed E-state index contributed by atoms with van der Waals surface area (Å²) in [6.07, 6.45) is 2.88. The van der Waals surface area contributed by atoms with Crippen LogP contribution in [0.25, 0.3) is 0 Å². The molecule has 2 N–H and O–H groups in total. The average Bonchev–Trinajstić information content (AvgIpc) is 2.89. The van der Waals surface area contributed by atoms with Gasteiger partial charge in [0.25, 0.3) is 0 Å². The van der Waals surface area contributed by atoms with Crippen LogP contribution in [0.2, 0.25) is 5.02 Å². The van der Waals surface area contributed by atoms with Gasteiger partial charge in [0.15, 0.2) is 0 Å². The van der Waals surface area contributed by atoms with Gasteiger partial charge in [-0.2, -0.15) is 0 Å². The van der Waals surface area contributed by atoms with Crippen molar-refractivity contribution in [3.63, 3.8) is 0 Å². The lowest BCUT2D eigenvalue weighted by molar-refractivity contribution is -0.159. The number of benzene rings is 1. The molecule has 1 fully saturated rings. The topological polar surface area (TPSA) is 94.9 Å². The zero-order valence-electron chi connectivity index (χ0n) is 12.6. The maximum Gasteiger partial charge on any atom is 0.414 e. The van der Waals surface area contributed by atoms with Crippen molar-refractivity contribution in [2.75, 3.05) is 13.1 Å². The van der Waals surface area contributed by atoms with Gasteiger partial charge in [-0.1, -0.05) is 41.6 Å². The molecular weight excluding hydrogens is 354 g/mol. The molecule has 24 heavy (non-hydrogen) atoms. The Hall–Kier alpha value is -1.83. The molecule has 3 rings (SSSR count). The minimum Gasteiger partial charge on any atom is -0.473 e. The quantitative estimate of drug-likeness (QED) is 0.772. The van der Waals surface area contributed by atoms with Crippen LogP contribution in [0.5, 0.6) is 0 Å². The van der Waals surface area contributed by atoms with Crippen molar-refractivity contribution in [1.82, 2.24) is 4.90 Å². The highest BCUT2D eigenvalue weighted by Crippen LogP contribution is 2.35. The van der Waals surface area contributed by atoms with Crippen LogP contribution in [0.1, 0.15) is 12.0 Å². The number of carbonyl (C=O) groups is 3. The lowest BCUT2D eigenvalue weighted by Crippen LogP contribution is -2.35. The Balaban J connectivity index is 0.000000301. The van der Waals surface area contributed by atoms with E-state index in [4.69, 9.17) is 31.4 Å². The van der Waals surface area contributed by atoms with Gasteiger partial charge in [0.1, 0.15) is 0 Å². The molecule has 1 unspecified atom stereocenters. The molecule has 1 saturated heterocycles. The lowest BCUT2D eigenvalue weighted by atomic mass is 10.0. The molecule has 0 saturated carbocycles. The molecule has 2 aliphatic heterocycles. The van der Waals surface area contributed by atoms with Crippen molar-refractivity contribution >= 4 is 40.4 Å². The van der Waals surface area contributed by atoms with Gasteiger partial charge in [-0.25, -0.2) is 9.59 Å². The fourth-order valence-electron chi connectivity index (χ4n) is 2.53. The van der Waals surface area contributed by atoms with E-state index in [1.165, 1.54) is 17.3 Å². The summed E-state index contributed by atoms with van der Waals surface area (Å²) < 4.78 is 0. The maximum absolute atomic E-state index is 11.4. The number of thioether (sulfide) groups is 1. The molecule has 0 aromatic heterocycles. The van der Waals surface area contributed by atoms with Crippen LogP contribution in [-0.4, -0.2) is 50.5 Å². The SMILES string of the molecule is O=C(O)C(=O)O.O=C1C=C2CN(Cc3ccccc3Cl)CCC2S1. The Morgan fingerprint density at radius 3 is 2.54 bits per heavy atom. The fourth-order valence-corrected chi connectivity index (χ4v) is 3.74. The molecule has 1 atom stereocenters. The first-order valence-corrected chi connectivity index (χ1v) is 8.45. The number of hydrogen-bond donors (Lipinski definition) is 2. The van der Waals surface area contributed by atoms with Gasteiger partial charge in [-0.15, -0.1) is 0 Å². The van der Waals surface area contributed by atoms with Crippen molar-refractivity contribution in [1.29, 1.82) is 0 Å². The number of hydrogen-bond acceptors (Lipinski definition) is 5. The van der Waals surface area contributed by atoms with Gasteiger partial charge >= 0.3 is 11.9 Å². The van der Waals surface area contributed by atoms with Gasteiger partial charge in [0, 0.05) is 29.9 Å². The smallest absolute Gasteiger partial charge is 0.414 e. The highest BCUT2D eigenvalue weighted by Gasteiger charge is 2.30. The Labute approximate surface area is 148 Å². The first-order chi connectivity index (χ1) is 11.4. The predicted octanol–water partition coefficient (Wildman–Crippen LogP) is 2.27. The summed E-state index contributed by atoms with van der Waals surface area (Å²) in [6, 6.07) is 7.96. The molecule has 8 heteroatoms.